The number of anilines is 1. The molecule has 1 aliphatic rings. The van der Waals surface area contributed by atoms with Gasteiger partial charge in [-0.25, -0.2) is 0 Å². The first-order valence-corrected chi connectivity index (χ1v) is 7.14. The van der Waals surface area contributed by atoms with Crippen molar-refractivity contribution in [2.24, 2.45) is 0 Å². The van der Waals surface area contributed by atoms with E-state index in [-0.39, 0.29) is 5.91 Å². The highest BCUT2D eigenvalue weighted by molar-refractivity contribution is 5.77. The Morgan fingerprint density at radius 2 is 2.00 bits per heavy atom. The lowest BCUT2D eigenvalue weighted by atomic mass is 10.1. The van der Waals surface area contributed by atoms with Crippen molar-refractivity contribution in [1.82, 2.24) is 4.90 Å². The number of benzene rings is 1. The van der Waals surface area contributed by atoms with Gasteiger partial charge in [0, 0.05) is 39.3 Å². The molecule has 1 aliphatic heterocycles. The van der Waals surface area contributed by atoms with Gasteiger partial charge < -0.3 is 14.9 Å². The number of likely N-dealkylation sites (tertiary alicyclic amines) is 1. The van der Waals surface area contributed by atoms with Gasteiger partial charge in [0.15, 0.2) is 0 Å². The summed E-state index contributed by atoms with van der Waals surface area (Å²) >= 11 is 0. The summed E-state index contributed by atoms with van der Waals surface area (Å²) in [6.07, 6.45) is 1.94. The lowest BCUT2D eigenvalue weighted by Crippen LogP contribution is -2.33. The van der Waals surface area contributed by atoms with Crippen molar-refractivity contribution in [3.05, 3.63) is 29.8 Å². The number of aliphatic hydroxyl groups is 1. The maximum atomic E-state index is 12.1. The van der Waals surface area contributed by atoms with Crippen LogP contribution in [0.5, 0.6) is 0 Å². The van der Waals surface area contributed by atoms with Crippen molar-refractivity contribution in [3.8, 4) is 0 Å². The summed E-state index contributed by atoms with van der Waals surface area (Å²) < 4.78 is 0. The zero-order chi connectivity index (χ0) is 14.8. The average molecular weight is 276 g/mol. The van der Waals surface area contributed by atoms with Crippen LogP contribution in [0.3, 0.4) is 0 Å². The fraction of sp³-hybridized carbons (Fsp3) is 0.562. The molecule has 4 heteroatoms. The molecule has 20 heavy (non-hydrogen) atoms. The highest BCUT2D eigenvalue weighted by Gasteiger charge is 2.33. The average Bonchev–Trinajstić information content (AvgIpc) is 2.77. The van der Waals surface area contributed by atoms with Crippen molar-refractivity contribution >= 4 is 11.6 Å². The molecule has 1 atom stereocenters. The smallest absolute Gasteiger partial charge is 0.223 e. The van der Waals surface area contributed by atoms with Gasteiger partial charge in [-0.1, -0.05) is 12.1 Å². The normalized spacial score (nSPS) is 22.1. The van der Waals surface area contributed by atoms with E-state index in [0.717, 1.165) is 12.1 Å². The van der Waals surface area contributed by atoms with Crippen molar-refractivity contribution in [3.63, 3.8) is 0 Å². The Labute approximate surface area is 121 Å². The second-order valence-corrected chi connectivity index (χ2v) is 6.12. The van der Waals surface area contributed by atoms with E-state index < -0.39 is 5.60 Å². The number of hydrogen-bond acceptors (Lipinski definition) is 3. The second kappa shape index (κ2) is 5.83. The Hall–Kier alpha value is -1.55. The first-order chi connectivity index (χ1) is 9.37. The molecule has 1 saturated heterocycles. The molecule has 1 unspecified atom stereocenters. The van der Waals surface area contributed by atoms with Crippen LogP contribution in [0.2, 0.25) is 0 Å². The van der Waals surface area contributed by atoms with Crippen LogP contribution in [0, 0.1) is 0 Å². The van der Waals surface area contributed by atoms with Gasteiger partial charge in [0.1, 0.15) is 0 Å². The minimum absolute atomic E-state index is 0.138. The number of carbonyl (C=O) groups is 1. The van der Waals surface area contributed by atoms with E-state index >= 15 is 0 Å². The SMILES string of the molecule is CN(C)c1ccc(CCC(=O)N2CCC(C)(O)C2)cc1. The highest BCUT2D eigenvalue weighted by atomic mass is 16.3. The Kier molecular flexibility index (Phi) is 4.33. The van der Waals surface area contributed by atoms with E-state index in [9.17, 15) is 9.90 Å². The second-order valence-electron chi connectivity index (χ2n) is 6.12. The summed E-state index contributed by atoms with van der Waals surface area (Å²) in [5.74, 6) is 0.138. The van der Waals surface area contributed by atoms with Gasteiger partial charge >= 0.3 is 0 Å². The minimum Gasteiger partial charge on any atom is -0.388 e. The predicted octanol–water partition coefficient (Wildman–Crippen LogP) is 1.67. The molecule has 0 spiro atoms. The lowest BCUT2D eigenvalue weighted by Gasteiger charge is -2.19. The topological polar surface area (TPSA) is 43.8 Å². The Balaban J connectivity index is 1.84. The number of aryl methyl sites for hydroxylation is 1. The van der Waals surface area contributed by atoms with Crippen molar-refractivity contribution in [2.45, 2.75) is 31.8 Å². The van der Waals surface area contributed by atoms with E-state index in [4.69, 9.17) is 0 Å². The Morgan fingerprint density at radius 1 is 1.35 bits per heavy atom. The lowest BCUT2D eigenvalue weighted by molar-refractivity contribution is -0.131. The molecule has 0 bridgehead atoms. The molecule has 0 radical (unpaired) electrons. The van der Waals surface area contributed by atoms with E-state index in [2.05, 4.69) is 29.2 Å². The molecule has 0 saturated carbocycles. The molecule has 0 aromatic heterocycles. The van der Waals surface area contributed by atoms with Crippen LogP contribution in [0.25, 0.3) is 0 Å². The molecular formula is C16H24N2O2. The van der Waals surface area contributed by atoms with Crippen LogP contribution in [-0.4, -0.2) is 48.7 Å². The summed E-state index contributed by atoms with van der Waals surface area (Å²) in [5.41, 5.74) is 1.63. The van der Waals surface area contributed by atoms with E-state index in [1.165, 1.54) is 5.56 Å². The molecule has 110 valence electrons. The third-order valence-corrected chi connectivity index (χ3v) is 3.88. The molecule has 1 amide bonds. The number of nitrogens with zero attached hydrogens (tertiary/aromatic N) is 2. The monoisotopic (exact) mass is 276 g/mol. The molecule has 1 N–H and O–H groups in total. The summed E-state index contributed by atoms with van der Waals surface area (Å²) in [6.45, 7) is 2.93. The van der Waals surface area contributed by atoms with E-state index in [1.54, 1.807) is 11.8 Å². The zero-order valence-electron chi connectivity index (χ0n) is 12.6. The van der Waals surface area contributed by atoms with Gasteiger partial charge in [-0.2, -0.15) is 0 Å². The molecule has 1 heterocycles. The van der Waals surface area contributed by atoms with Crippen molar-refractivity contribution < 1.29 is 9.90 Å². The van der Waals surface area contributed by atoms with Gasteiger partial charge in [0.25, 0.3) is 0 Å². The Bertz CT molecular complexity index is 466. The van der Waals surface area contributed by atoms with E-state index in [0.29, 0.717) is 25.9 Å². The van der Waals surface area contributed by atoms with Crippen LogP contribution < -0.4 is 4.90 Å². The Morgan fingerprint density at radius 3 is 2.50 bits per heavy atom. The van der Waals surface area contributed by atoms with Gasteiger partial charge in [-0.05, 0) is 37.5 Å². The largest absolute Gasteiger partial charge is 0.388 e. The highest BCUT2D eigenvalue weighted by Crippen LogP contribution is 2.21. The van der Waals surface area contributed by atoms with Crippen LogP contribution >= 0.6 is 0 Å². The summed E-state index contributed by atoms with van der Waals surface area (Å²) in [7, 11) is 4.02. The third-order valence-electron chi connectivity index (χ3n) is 3.88. The molecular weight excluding hydrogens is 252 g/mol. The summed E-state index contributed by atoms with van der Waals surface area (Å²) in [6, 6.07) is 8.28. The first kappa shape index (κ1) is 14.9. The number of amides is 1. The first-order valence-electron chi connectivity index (χ1n) is 7.14. The fourth-order valence-electron chi connectivity index (χ4n) is 2.53. The molecule has 0 aliphatic carbocycles. The molecule has 1 aromatic carbocycles. The third kappa shape index (κ3) is 3.73. The number of carbonyl (C=O) groups excluding carboxylic acids is 1. The molecule has 2 rings (SSSR count). The number of rotatable bonds is 4. The molecule has 1 fully saturated rings. The maximum absolute atomic E-state index is 12.1. The predicted molar refractivity (Wildman–Crippen MR) is 80.9 cm³/mol. The standard InChI is InChI=1S/C16H24N2O2/c1-16(20)10-11-18(12-16)15(19)9-6-13-4-7-14(8-5-13)17(2)3/h4-5,7-8,20H,6,9-12H2,1-3H3. The van der Waals surface area contributed by atoms with Gasteiger partial charge in [-0.15, -0.1) is 0 Å². The summed E-state index contributed by atoms with van der Waals surface area (Å²) in [4.78, 5) is 15.9. The van der Waals surface area contributed by atoms with Gasteiger partial charge in [-0.3, -0.25) is 4.79 Å². The summed E-state index contributed by atoms with van der Waals surface area (Å²) in [5, 5.41) is 9.88. The molecule has 4 nitrogen and oxygen atoms in total. The van der Waals surface area contributed by atoms with Crippen molar-refractivity contribution in [1.29, 1.82) is 0 Å². The maximum Gasteiger partial charge on any atom is 0.223 e. The van der Waals surface area contributed by atoms with Crippen LogP contribution in [0.15, 0.2) is 24.3 Å². The number of β-amino-alcohol motifs (C(OH)–C–C–N with tert-alkyl or cyclic N) is 1. The van der Waals surface area contributed by atoms with Crippen LogP contribution in [0.4, 0.5) is 5.69 Å². The number of hydrogen-bond donors (Lipinski definition) is 1. The zero-order valence-corrected chi connectivity index (χ0v) is 12.6. The minimum atomic E-state index is -0.705. The van der Waals surface area contributed by atoms with Gasteiger partial charge in [0.2, 0.25) is 5.91 Å². The van der Waals surface area contributed by atoms with Crippen LogP contribution in [-0.2, 0) is 11.2 Å². The van der Waals surface area contributed by atoms with Crippen molar-refractivity contribution in [2.75, 3.05) is 32.1 Å². The fourth-order valence-corrected chi connectivity index (χ4v) is 2.53. The van der Waals surface area contributed by atoms with Gasteiger partial charge in [0.05, 0.1) is 5.60 Å². The van der Waals surface area contributed by atoms with E-state index in [1.807, 2.05) is 14.1 Å². The molecule has 1 aromatic rings. The van der Waals surface area contributed by atoms with Crippen LogP contribution in [0.1, 0.15) is 25.3 Å². The quantitative estimate of drug-likeness (QED) is 0.910.